The van der Waals surface area contributed by atoms with Crippen LogP contribution in [0.4, 0.5) is 0 Å². The normalized spacial score (nSPS) is 48.0. The fourth-order valence-electron chi connectivity index (χ4n) is 2.54. The van der Waals surface area contributed by atoms with Gasteiger partial charge in [0, 0.05) is 18.6 Å². The number of rotatable bonds is 0. The Morgan fingerprint density at radius 1 is 1.40 bits per heavy atom. The zero-order valence-electron chi connectivity index (χ0n) is 6.59. The van der Waals surface area contributed by atoms with Crippen LogP contribution in [0.5, 0.6) is 0 Å². The van der Waals surface area contributed by atoms with Crippen molar-refractivity contribution in [3.63, 3.8) is 0 Å². The molecule has 3 atom stereocenters. The molecule has 2 saturated heterocycles. The molecular weight excluding hydrogens is 124 g/mol. The van der Waals surface area contributed by atoms with Crippen LogP contribution < -0.4 is 5.73 Å². The monoisotopic (exact) mass is 140 g/mol. The van der Waals surface area contributed by atoms with Crippen LogP contribution in [0.25, 0.3) is 0 Å². The highest BCUT2D eigenvalue weighted by Gasteiger charge is 2.36. The summed E-state index contributed by atoms with van der Waals surface area (Å²) in [6.45, 7) is 1.29. The lowest BCUT2D eigenvalue weighted by molar-refractivity contribution is 0.0542. The molecule has 1 aliphatic carbocycles. The molecule has 2 bridgehead atoms. The molecule has 10 heavy (non-hydrogen) atoms. The van der Waals surface area contributed by atoms with Gasteiger partial charge in [0.15, 0.2) is 0 Å². The largest absolute Gasteiger partial charge is 0.326 e. The van der Waals surface area contributed by atoms with E-state index in [1.165, 1.54) is 25.8 Å². The van der Waals surface area contributed by atoms with Crippen LogP contribution in [0, 0.1) is 5.92 Å². The van der Waals surface area contributed by atoms with Crippen molar-refractivity contribution in [3.05, 3.63) is 0 Å². The summed E-state index contributed by atoms with van der Waals surface area (Å²) in [6, 6.07) is 1.17. The topological polar surface area (TPSA) is 29.3 Å². The molecule has 1 saturated carbocycles. The molecule has 3 rings (SSSR count). The minimum atomic E-state index is 0.470. The average Bonchev–Trinajstić information content (AvgIpc) is 1.86. The van der Waals surface area contributed by atoms with Crippen molar-refractivity contribution in [1.82, 2.24) is 4.90 Å². The van der Waals surface area contributed by atoms with Gasteiger partial charge in [0.25, 0.3) is 0 Å². The van der Waals surface area contributed by atoms with Gasteiger partial charge < -0.3 is 10.6 Å². The molecular formula is C8H16N2. The first-order chi connectivity index (χ1) is 4.77. The Morgan fingerprint density at radius 2 is 2.20 bits per heavy atom. The van der Waals surface area contributed by atoms with Gasteiger partial charge in [-0.25, -0.2) is 0 Å². The minimum absolute atomic E-state index is 0.470. The molecule has 0 unspecified atom stereocenters. The summed E-state index contributed by atoms with van der Waals surface area (Å²) in [7, 11) is 2.20. The maximum atomic E-state index is 5.97. The number of nitrogens with two attached hydrogens (primary N) is 1. The lowest BCUT2D eigenvalue weighted by Gasteiger charge is -2.47. The highest BCUT2D eigenvalue weighted by molar-refractivity contribution is 4.94. The van der Waals surface area contributed by atoms with E-state index in [1.54, 1.807) is 0 Å². The number of hydrogen-bond donors (Lipinski definition) is 1. The Hall–Kier alpha value is -0.0800. The molecule has 3 fully saturated rings. The van der Waals surface area contributed by atoms with Crippen LogP contribution >= 0.6 is 0 Å². The molecule has 2 aliphatic heterocycles. The van der Waals surface area contributed by atoms with Gasteiger partial charge >= 0.3 is 0 Å². The van der Waals surface area contributed by atoms with Gasteiger partial charge in [-0.15, -0.1) is 0 Å². The summed E-state index contributed by atoms with van der Waals surface area (Å²) < 4.78 is 0. The fraction of sp³-hybridized carbons (Fsp3) is 1.00. The molecule has 58 valence electrons. The van der Waals surface area contributed by atoms with Gasteiger partial charge in [-0.2, -0.15) is 0 Å². The molecule has 2 nitrogen and oxygen atoms in total. The maximum absolute atomic E-state index is 5.97. The Kier molecular flexibility index (Phi) is 1.46. The second kappa shape index (κ2) is 2.21. The molecule has 2 N–H and O–H groups in total. The number of nitrogens with zero attached hydrogens (tertiary/aromatic N) is 1. The van der Waals surface area contributed by atoms with Crippen molar-refractivity contribution < 1.29 is 0 Å². The zero-order valence-corrected chi connectivity index (χ0v) is 6.59. The SMILES string of the molecule is CN1C[C@H]2CC[C@H]1[C@@H](N)C2. The Bertz CT molecular complexity index is 123. The van der Waals surface area contributed by atoms with E-state index in [9.17, 15) is 0 Å². The number of likely N-dealkylation sites (N-methyl/N-ethyl adjacent to an activating group) is 1. The molecule has 2 heterocycles. The first kappa shape index (κ1) is 6.62. The van der Waals surface area contributed by atoms with Crippen molar-refractivity contribution in [1.29, 1.82) is 0 Å². The smallest absolute Gasteiger partial charge is 0.0244 e. The molecule has 0 amide bonds. The van der Waals surface area contributed by atoms with Gasteiger partial charge in [0.1, 0.15) is 0 Å². The number of piperidine rings is 2. The van der Waals surface area contributed by atoms with E-state index in [0.717, 1.165) is 5.92 Å². The summed E-state index contributed by atoms with van der Waals surface area (Å²) in [5.41, 5.74) is 5.97. The highest BCUT2D eigenvalue weighted by atomic mass is 15.2. The Morgan fingerprint density at radius 3 is 2.60 bits per heavy atom. The molecule has 0 aromatic rings. The second-order valence-electron chi connectivity index (χ2n) is 3.85. The molecule has 0 aromatic heterocycles. The highest BCUT2D eigenvalue weighted by Crippen LogP contribution is 2.32. The number of hydrogen-bond acceptors (Lipinski definition) is 2. The maximum Gasteiger partial charge on any atom is 0.0244 e. The van der Waals surface area contributed by atoms with E-state index in [4.69, 9.17) is 5.73 Å². The minimum Gasteiger partial charge on any atom is -0.326 e. The quantitative estimate of drug-likeness (QED) is 0.528. The predicted octanol–water partition coefficient (Wildman–Crippen LogP) is 0.428. The summed E-state index contributed by atoms with van der Waals surface area (Å²) in [6.07, 6.45) is 4.03. The Balaban J connectivity index is 2.11. The second-order valence-corrected chi connectivity index (χ2v) is 3.85. The van der Waals surface area contributed by atoms with Gasteiger partial charge in [-0.05, 0) is 32.2 Å². The van der Waals surface area contributed by atoms with E-state index in [2.05, 4.69) is 11.9 Å². The third kappa shape index (κ3) is 0.867. The van der Waals surface area contributed by atoms with Crippen LogP contribution in [0.3, 0.4) is 0 Å². The van der Waals surface area contributed by atoms with Crippen LogP contribution in [-0.2, 0) is 0 Å². The van der Waals surface area contributed by atoms with E-state index in [-0.39, 0.29) is 0 Å². The van der Waals surface area contributed by atoms with E-state index >= 15 is 0 Å². The average molecular weight is 140 g/mol. The summed E-state index contributed by atoms with van der Waals surface area (Å²) >= 11 is 0. The third-order valence-electron chi connectivity index (χ3n) is 3.08. The first-order valence-electron chi connectivity index (χ1n) is 4.23. The lowest BCUT2D eigenvalue weighted by Crippen LogP contribution is -2.57. The molecule has 0 aromatic carbocycles. The van der Waals surface area contributed by atoms with Gasteiger partial charge in [-0.1, -0.05) is 0 Å². The van der Waals surface area contributed by atoms with Crippen molar-refractivity contribution in [2.45, 2.75) is 31.3 Å². The van der Waals surface area contributed by atoms with E-state index in [1.807, 2.05) is 0 Å². The van der Waals surface area contributed by atoms with Crippen molar-refractivity contribution in [3.8, 4) is 0 Å². The summed E-state index contributed by atoms with van der Waals surface area (Å²) in [4.78, 5) is 2.43. The van der Waals surface area contributed by atoms with E-state index in [0.29, 0.717) is 12.1 Å². The molecule has 2 heteroatoms. The van der Waals surface area contributed by atoms with Crippen LogP contribution in [0.15, 0.2) is 0 Å². The summed E-state index contributed by atoms with van der Waals surface area (Å²) in [5, 5.41) is 0. The summed E-state index contributed by atoms with van der Waals surface area (Å²) in [5.74, 6) is 0.907. The van der Waals surface area contributed by atoms with Crippen LogP contribution in [0.2, 0.25) is 0 Å². The van der Waals surface area contributed by atoms with Crippen LogP contribution in [-0.4, -0.2) is 30.6 Å². The first-order valence-corrected chi connectivity index (χ1v) is 4.23. The Labute approximate surface area is 62.4 Å². The molecule has 3 aliphatic rings. The van der Waals surface area contributed by atoms with Crippen molar-refractivity contribution >= 4 is 0 Å². The van der Waals surface area contributed by atoms with Gasteiger partial charge in [0.05, 0.1) is 0 Å². The predicted molar refractivity (Wildman–Crippen MR) is 41.7 cm³/mol. The fourth-order valence-corrected chi connectivity index (χ4v) is 2.54. The number of fused-ring (bicyclic) bond motifs is 3. The van der Waals surface area contributed by atoms with Gasteiger partial charge in [-0.3, -0.25) is 0 Å². The van der Waals surface area contributed by atoms with Crippen molar-refractivity contribution in [2.24, 2.45) is 11.7 Å². The van der Waals surface area contributed by atoms with Crippen LogP contribution in [0.1, 0.15) is 19.3 Å². The molecule has 0 radical (unpaired) electrons. The zero-order chi connectivity index (χ0) is 7.14. The van der Waals surface area contributed by atoms with E-state index < -0.39 is 0 Å². The third-order valence-corrected chi connectivity index (χ3v) is 3.08. The van der Waals surface area contributed by atoms with Crippen molar-refractivity contribution in [2.75, 3.05) is 13.6 Å². The lowest BCUT2D eigenvalue weighted by atomic mass is 9.77. The standard InChI is InChI=1S/C8H16N2/c1-10-5-6-2-3-8(10)7(9)4-6/h6-8H,2-5,9H2,1H3/t6-,7-,8-/m0/s1. The van der Waals surface area contributed by atoms with Gasteiger partial charge in [0.2, 0.25) is 0 Å². The molecule has 0 spiro atoms.